The number of hydrogen-bond acceptors (Lipinski definition) is 2. The molecule has 0 radical (unpaired) electrons. The van der Waals surface area contributed by atoms with E-state index in [2.05, 4.69) is 5.32 Å². The molecule has 1 N–H and O–H groups in total. The van der Waals surface area contributed by atoms with Crippen molar-refractivity contribution < 1.29 is 17.9 Å². The van der Waals surface area contributed by atoms with Gasteiger partial charge in [0.1, 0.15) is 11.9 Å². The van der Waals surface area contributed by atoms with Crippen molar-refractivity contribution in [2.24, 2.45) is 0 Å². The molecular weight excluding hydrogens is 243 g/mol. The largest absolute Gasteiger partial charge is 0.489 e. The van der Waals surface area contributed by atoms with Crippen molar-refractivity contribution >= 4 is 0 Å². The van der Waals surface area contributed by atoms with E-state index in [0.29, 0.717) is 5.75 Å². The Balaban J connectivity index is 2.42. The summed E-state index contributed by atoms with van der Waals surface area (Å²) in [6, 6.07) is 5.73. The summed E-state index contributed by atoms with van der Waals surface area (Å²) in [6.45, 7) is 4.80. The quantitative estimate of drug-likeness (QED) is 0.878. The van der Waals surface area contributed by atoms with Gasteiger partial charge in [-0.1, -0.05) is 17.7 Å². The summed E-state index contributed by atoms with van der Waals surface area (Å²) < 4.78 is 41.4. The molecule has 1 aromatic carbocycles. The number of alkyl halides is 3. The van der Waals surface area contributed by atoms with Gasteiger partial charge in [-0.3, -0.25) is 0 Å². The highest BCUT2D eigenvalue weighted by molar-refractivity contribution is 5.35. The van der Waals surface area contributed by atoms with Gasteiger partial charge in [0.25, 0.3) is 0 Å². The molecule has 0 fully saturated rings. The van der Waals surface area contributed by atoms with Gasteiger partial charge < -0.3 is 10.1 Å². The van der Waals surface area contributed by atoms with Crippen molar-refractivity contribution in [1.82, 2.24) is 5.32 Å². The summed E-state index contributed by atoms with van der Waals surface area (Å²) in [5.41, 5.74) is 2.11. The minimum atomic E-state index is -4.18. The van der Waals surface area contributed by atoms with Gasteiger partial charge in [-0.15, -0.1) is 0 Å². The molecular formula is C13H18F3NO. The molecule has 0 aliphatic carbocycles. The van der Waals surface area contributed by atoms with Gasteiger partial charge in [-0.2, -0.15) is 13.2 Å². The summed E-state index contributed by atoms with van der Waals surface area (Å²) >= 11 is 0. The van der Waals surface area contributed by atoms with Crippen LogP contribution in [0.5, 0.6) is 5.75 Å². The normalized spacial score (nSPS) is 13.4. The maximum Gasteiger partial charge on any atom is 0.401 e. The summed E-state index contributed by atoms with van der Waals surface area (Å²) in [5, 5.41) is 2.33. The molecule has 0 amide bonds. The Morgan fingerprint density at radius 1 is 1.28 bits per heavy atom. The van der Waals surface area contributed by atoms with Crippen molar-refractivity contribution in [3.63, 3.8) is 0 Å². The second-order valence-electron chi connectivity index (χ2n) is 4.44. The Morgan fingerprint density at radius 2 is 1.94 bits per heavy atom. The van der Waals surface area contributed by atoms with Crippen LogP contribution in [-0.4, -0.2) is 25.4 Å². The fourth-order valence-corrected chi connectivity index (χ4v) is 1.61. The van der Waals surface area contributed by atoms with E-state index in [-0.39, 0.29) is 12.6 Å². The van der Waals surface area contributed by atoms with E-state index in [1.807, 2.05) is 32.0 Å². The first-order chi connectivity index (χ1) is 8.28. The zero-order chi connectivity index (χ0) is 13.8. The van der Waals surface area contributed by atoms with Gasteiger partial charge in [-0.05, 0) is 32.4 Å². The average molecular weight is 261 g/mol. The van der Waals surface area contributed by atoms with E-state index in [1.54, 1.807) is 6.92 Å². The van der Waals surface area contributed by atoms with Crippen molar-refractivity contribution in [3.05, 3.63) is 29.3 Å². The van der Waals surface area contributed by atoms with E-state index in [4.69, 9.17) is 4.74 Å². The monoisotopic (exact) mass is 261 g/mol. The van der Waals surface area contributed by atoms with Crippen LogP contribution in [0.4, 0.5) is 13.2 Å². The summed E-state index contributed by atoms with van der Waals surface area (Å²) in [5.74, 6) is 0.710. The zero-order valence-electron chi connectivity index (χ0n) is 10.8. The average Bonchev–Trinajstić information content (AvgIpc) is 2.20. The lowest BCUT2D eigenvalue weighted by Crippen LogP contribution is -2.35. The molecule has 1 atom stereocenters. The lowest BCUT2D eigenvalue weighted by Gasteiger charge is -2.18. The SMILES string of the molecule is Cc1ccc(OC(C)CNCC(F)(F)F)c(C)c1. The Hall–Kier alpha value is -1.23. The minimum absolute atomic E-state index is 0.160. The topological polar surface area (TPSA) is 21.3 Å². The van der Waals surface area contributed by atoms with Crippen LogP contribution in [0.3, 0.4) is 0 Å². The van der Waals surface area contributed by atoms with E-state index in [9.17, 15) is 13.2 Å². The van der Waals surface area contributed by atoms with Gasteiger partial charge in [0, 0.05) is 6.54 Å². The highest BCUT2D eigenvalue weighted by Gasteiger charge is 2.26. The summed E-state index contributed by atoms with van der Waals surface area (Å²) in [4.78, 5) is 0. The number of halogens is 3. The molecule has 5 heteroatoms. The number of nitrogens with one attached hydrogen (secondary N) is 1. The van der Waals surface area contributed by atoms with Crippen LogP contribution in [0.1, 0.15) is 18.1 Å². The standard InChI is InChI=1S/C13H18F3NO/c1-9-4-5-12(10(2)6-9)18-11(3)7-17-8-13(14,15)16/h4-6,11,17H,7-8H2,1-3H3. The predicted octanol–water partition coefficient (Wildman–Crippen LogP) is 3.22. The molecule has 0 bridgehead atoms. The summed E-state index contributed by atoms with van der Waals surface area (Å²) in [7, 11) is 0. The molecule has 0 aliphatic heterocycles. The van der Waals surface area contributed by atoms with Crippen LogP contribution >= 0.6 is 0 Å². The molecule has 1 rings (SSSR count). The fourth-order valence-electron chi connectivity index (χ4n) is 1.61. The van der Waals surface area contributed by atoms with E-state index < -0.39 is 12.7 Å². The third kappa shape index (κ3) is 5.40. The number of rotatable bonds is 5. The lowest BCUT2D eigenvalue weighted by atomic mass is 10.1. The molecule has 2 nitrogen and oxygen atoms in total. The minimum Gasteiger partial charge on any atom is -0.489 e. The van der Waals surface area contributed by atoms with Gasteiger partial charge in [0.2, 0.25) is 0 Å². The first kappa shape index (κ1) is 14.8. The smallest absolute Gasteiger partial charge is 0.401 e. The van der Waals surface area contributed by atoms with Gasteiger partial charge in [0.05, 0.1) is 6.54 Å². The third-order valence-corrected chi connectivity index (χ3v) is 2.42. The third-order valence-electron chi connectivity index (χ3n) is 2.42. The first-order valence-electron chi connectivity index (χ1n) is 5.79. The zero-order valence-corrected chi connectivity index (χ0v) is 10.8. The van der Waals surface area contributed by atoms with Gasteiger partial charge in [-0.25, -0.2) is 0 Å². The van der Waals surface area contributed by atoms with Crippen LogP contribution in [0, 0.1) is 13.8 Å². The predicted molar refractivity (Wildman–Crippen MR) is 64.9 cm³/mol. The highest BCUT2D eigenvalue weighted by Crippen LogP contribution is 2.20. The maximum absolute atomic E-state index is 11.9. The molecule has 102 valence electrons. The van der Waals surface area contributed by atoms with Crippen molar-refractivity contribution in [2.75, 3.05) is 13.1 Å². The fraction of sp³-hybridized carbons (Fsp3) is 0.538. The second kappa shape index (κ2) is 6.09. The van der Waals surface area contributed by atoms with Crippen LogP contribution in [0.15, 0.2) is 18.2 Å². The molecule has 1 unspecified atom stereocenters. The number of benzene rings is 1. The Labute approximate surface area is 105 Å². The van der Waals surface area contributed by atoms with E-state index >= 15 is 0 Å². The highest BCUT2D eigenvalue weighted by atomic mass is 19.4. The lowest BCUT2D eigenvalue weighted by molar-refractivity contribution is -0.125. The Morgan fingerprint density at radius 3 is 2.50 bits per heavy atom. The summed E-state index contributed by atoms with van der Waals surface area (Å²) in [6.07, 6.45) is -4.49. The first-order valence-corrected chi connectivity index (χ1v) is 5.79. The maximum atomic E-state index is 11.9. The molecule has 1 aromatic rings. The molecule has 0 spiro atoms. The molecule has 0 heterocycles. The van der Waals surface area contributed by atoms with Crippen molar-refractivity contribution in [1.29, 1.82) is 0 Å². The van der Waals surface area contributed by atoms with Gasteiger partial charge in [0.15, 0.2) is 0 Å². The van der Waals surface area contributed by atoms with Crippen LogP contribution in [-0.2, 0) is 0 Å². The number of hydrogen-bond donors (Lipinski definition) is 1. The van der Waals surface area contributed by atoms with Crippen LogP contribution < -0.4 is 10.1 Å². The second-order valence-corrected chi connectivity index (χ2v) is 4.44. The molecule has 0 saturated heterocycles. The number of ether oxygens (including phenoxy) is 1. The van der Waals surface area contributed by atoms with Crippen LogP contribution in [0.25, 0.3) is 0 Å². The molecule has 0 aliphatic rings. The molecule has 0 saturated carbocycles. The van der Waals surface area contributed by atoms with Gasteiger partial charge >= 0.3 is 6.18 Å². The number of aryl methyl sites for hydroxylation is 2. The molecule has 0 aromatic heterocycles. The Bertz CT molecular complexity index is 390. The van der Waals surface area contributed by atoms with Crippen molar-refractivity contribution in [2.45, 2.75) is 33.1 Å². The molecule has 18 heavy (non-hydrogen) atoms. The Kier molecular flexibility index (Phi) is 5.02. The van der Waals surface area contributed by atoms with E-state index in [0.717, 1.165) is 11.1 Å². The van der Waals surface area contributed by atoms with E-state index in [1.165, 1.54) is 0 Å². The van der Waals surface area contributed by atoms with Crippen LogP contribution in [0.2, 0.25) is 0 Å². The van der Waals surface area contributed by atoms with Crippen molar-refractivity contribution in [3.8, 4) is 5.75 Å².